The van der Waals surface area contributed by atoms with Crippen molar-refractivity contribution in [2.24, 2.45) is 0 Å². The summed E-state index contributed by atoms with van der Waals surface area (Å²) in [7, 11) is 0. The second-order valence-electron chi connectivity index (χ2n) is 6.49. The lowest BCUT2D eigenvalue weighted by Gasteiger charge is -2.22. The molecule has 0 aromatic heterocycles. The van der Waals surface area contributed by atoms with Crippen molar-refractivity contribution in [3.8, 4) is 5.75 Å². The highest BCUT2D eigenvalue weighted by atomic mass is 16.5. The van der Waals surface area contributed by atoms with Gasteiger partial charge in [0, 0.05) is 12.6 Å². The Labute approximate surface area is 118 Å². The van der Waals surface area contributed by atoms with Crippen LogP contribution < -0.4 is 10.1 Å². The highest BCUT2D eigenvalue weighted by Gasteiger charge is 2.14. The molecule has 0 spiro atoms. The molecule has 0 aliphatic heterocycles. The van der Waals surface area contributed by atoms with E-state index in [1.807, 2.05) is 0 Å². The van der Waals surface area contributed by atoms with Crippen LogP contribution in [0.4, 0.5) is 0 Å². The normalized spacial score (nSPS) is 13.6. The summed E-state index contributed by atoms with van der Waals surface area (Å²) in [6.45, 7) is 14.1. The van der Waals surface area contributed by atoms with E-state index >= 15 is 0 Å². The monoisotopic (exact) mass is 263 g/mol. The van der Waals surface area contributed by atoms with Crippen LogP contribution in [-0.4, -0.2) is 18.7 Å². The first kappa shape index (κ1) is 16.0. The van der Waals surface area contributed by atoms with Gasteiger partial charge in [0.15, 0.2) is 0 Å². The molecule has 0 saturated carbocycles. The largest absolute Gasteiger partial charge is 0.489 e. The summed E-state index contributed by atoms with van der Waals surface area (Å²) in [5.74, 6) is 0.963. The van der Waals surface area contributed by atoms with Crippen LogP contribution in [-0.2, 0) is 5.41 Å². The SMILES string of the molecule is CCC(CNC(C)C)Oc1ccc(C(C)(C)C)cc1. The Bertz CT molecular complexity index is 362. The maximum absolute atomic E-state index is 6.02. The minimum atomic E-state index is 0.196. The number of hydrogen-bond donors (Lipinski definition) is 1. The van der Waals surface area contributed by atoms with Gasteiger partial charge < -0.3 is 10.1 Å². The van der Waals surface area contributed by atoms with E-state index in [0.29, 0.717) is 6.04 Å². The van der Waals surface area contributed by atoms with Gasteiger partial charge >= 0.3 is 0 Å². The summed E-state index contributed by atoms with van der Waals surface area (Å²) in [4.78, 5) is 0. The number of hydrogen-bond acceptors (Lipinski definition) is 2. The molecule has 0 radical (unpaired) electrons. The van der Waals surface area contributed by atoms with Gasteiger partial charge in [-0.05, 0) is 29.5 Å². The molecule has 1 rings (SSSR count). The van der Waals surface area contributed by atoms with Crippen LogP contribution in [0.1, 0.15) is 53.5 Å². The number of nitrogens with one attached hydrogen (secondary N) is 1. The molecule has 0 saturated heterocycles. The summed E-state index contributed by atoms with van der Waals surface area (Å²) >= 11 is 0. The molecule has 19 heavy (non-hydrogen) atoms. The first-order valence-electron chi connectivity index (χ1n) is 7.33. The average Bonchev–Trinajstić information content (AvgIpc) is 2.33. The molecule has 1 atom stereocenters. The molecule has 0 heterocycles. The molecule has 0 amide bonds. The Morgan fingerprint density at radius 2 is 1.68 bits per heavy atom. The highest BCUT2D eigenvalue weighted by Crippen LogP contribution is 2.24. The van der Waals surface area contributed by atoms with Crippen LogP contribution in [0.25, 0.3) is 0 Å². The van der Waals surface area contributed by atoms with E-state index in [1.165, 1.54) is 5.56 Å². The van der Waals surface area contributed by atoms with Gasteiger partial charge in [0.2, 0.25) is 0 Å². The lowest BCUT2D eigenvalue weighted by Crippen LogP contribution is -2.34. The Balaban J connectivity index is 2.60. The van der Waals surface area contributed by atoms with E-state index in [4.69, 9.17) is 4.74 Å². The Kier molecular flexibility index (Phi) is 5.86. The van der Waals surface area contributed by atoms with Gasteiger partial charge in [0.1, 0.15) is 11.9 Å². The van der Waals surface area contributed by atoms with Gasteiger partial charge in [-0.2, -0.15) is 0 Å². The molecule has 1 N–H and O–H groups in total. The van der Waals surface area contributed by atoms with E-state index in [0.717, 1.165) is 18.7 Å². The first-order chi connectivity index (χ1) is 8.82. The van der Waals surface area contributed by atoms with Crippen LogP contribution in [0.3, 0.4) is 0 Å². The third-order valence-corrected chi connectivity index (χ3v) is 3.23. The Morgan fingerprint density at radius 3 is 2.11 bits per heavy atom. The van der Waals surface area contributed by atoms with Crippen molar-refractivity contribution in [2.75, 3.05) is 6.54 Å². The average molecular weight is 263 g/mol. The highest BCUT2D eigenvalue weighted by molar-refractivity contribution is 5.31. The third kappa shape index (κ3) is 5.65. The predicted octanol–water partition coefficient (Wildman–Crippen LogP) is 4.14. The van der Waals surface area contributed by atoms with Crippen molar-refractivity contribution < 1.29 is 4.74 Å². The molecular weight excluding hydrogens is 234 g/mol. The van der Waals surface area contributed by atoms with Gasteiger partial charge in [-0.15, -0.1) is 0 Å². The van der Waals surface area contributed by atoms with Crippen molar-refractivity contribution in [1.82, 2.24) is 5.32 Å². The van der Waals surface area contributed by atoms with Gasteiger partial charge in [0.05, 0.1) is 0 Å². The Morgan fingerprint density at radius 1 is 1.11 bits per heavy atom. The van der Waals surface area contributed by atoms with Crippen LogP contribution in [0.5, 0.6) is 5.75 Å². The molecule has 0 aliphatic carbocycles. The molecule has 2 heteroatoms. The van der Waals surface area contributed by atoms with Gasteiger partial charge in [-0.25, -0.2) is 0 Å². The van der Waals surface area contributed by atoms with E-state index in [2.05, 4.69) is 71.1 Å². The van der Waals surface area contributed by atoms with Crippen molar-refractivity contribution in [3.05, 3.63) is 29.8 Å². The fraction of sp³-hybridized carbons (Fsp3) is 0.647. The topological polar surface area (TPSA) is 21.3 Å². The van der Waals surface area contributed by atoms with Gasteiger partial charge in [-0.1, -0.05) is 53.7 Å². The number of benzene rings is 1. The maximum atomic E-state index is 6.02. The zero-order valence-corrected chi connectivity index (χ0v) is 13.3. The summed E-state index contributed by atoms with van der Waals surface area (Å²) < 4.78 is 6.02. The zero-order chi connectivity index (χ0) is 14.5. The molecule has 1 aromatic carbocycles. The van der Waals surface area contributed by atoms with E-state index in [1.54, 1.807) is 0 Å². The van der Waals surface area contributed by atoms with Crippen LogP contribution >= 0.6 is 0 Å². The van der Waals surface area contributed by atoms with Crippen LogP contribution in [0, 0.1) is 0 Å². The number of ether oxygens (including phenoxy) is 1. The van der Waals surface area contributed by atoms with E-state index in [9.17, 15) is 0 Å². The zero-order valence-electron chi connectivity index (χ0n) is 13.3. The molecule has 0 fully saturated rings. The molecule has 0 aliphatic rings. The second kappa shape index (κ2) is 6.95. The Hall–Kier alpha value is -1.02. The van der Waals surface area contributed by atoms with E-state index < -0.39 is 0 Å². The first-order valence-corrected chi connectivity index (χ1v) is 7.33. The maximum Gasteiger partial charge on any atom is 0.119 e. The van der Waals surface area contributed by atoms with Crippen molar-refractivity contribution in [1.29, 1.82) is 0 Å². The number of rotatable bonds is 6. The van der Waals surface area contributed by atoms with Gasteiger partial charge in [0.25, 0.3) is 0 Å². The third-order valence-electron chi connectivity index (χ3n) is 3.23. The van der Waals surface area contributed by atoms with Crippen molar-refractivity contribution in [3.63, 3.8) is 0 Å². The lowest BCUT2D eigenvalue weighted by atomic mass is 9.87. The predicted molar refractivity (Wildman–Crippen MR) is 83.0 cm³/mol. The smallest absolute Gasteiger partial charge is 0.119 e. The molecule has 108 valence electrons. The van der Waals surface area contributed by atoms with Gasteiger partial charge in [-0.3, -0.25) is 0 Å². The summed E-state index contributed by atoms with van der Waals surface area (Å²) in [6, 6.07) is 8.99. The fourth-order valence-corrected chi connectivity index (χ4v) is 1.86. The van der Waals surface area contributed by atoms with E-state index in [-0.39, 0.29) is 11.5 Å². The lowest BCUT2D eigenvalue weighted by molar-refractivity contribution is 0.190. The molecule has 2 nitrogen and oxygen atoms in total. The van der Waals surface area contributed by atoms with Crippen molar-refractivity contribution >= 4 is 0 Å². The second-order valence-corrected chi connectivity index (χ2v) is 6.49. The molecule has 1 unspecified atom stereocenters. The summed E-state index contributed by atoms with van der Waals surface area (Å²) in [5, 5.41) is 3.43. The molecule has 1 aromatic rings. The van der Waals surface area contributed by atoms with Crippen LogP contribution in [0.2, 0.25) is 0 Å². The summed E-state index contributed by atoms with van der Waals surface area (Å²) in [6.07, 6.45) is 1.25. The molecule has 0 bridgehead atoms. The summed E-state index contributed by atoms with van der Waals surface area (Å²) in [5.41, 5.74) is 1.54. The van der Waals surface area contributed by atoms with Crippen molar-refractivity contribution in [2.45, 2.75) is 65.5 Å². The minimum Gasteiger partial charge on any atom is -0.489 e. The fourth-order valence-electron chi connectivity index (χ4n) is 1.86. The molecular formula is C17H29NO. The van der Waals surface area contributed by atoms with Crippen LogP contribution in [0.15, 0.2) is 24.3 Å². The standard InChI is InChI=1S/C17H29NO/c1-7-15(12-18-13(2)3)19-16-10-8-14(9-11-16)17(4,5)6/h8-11,13,15,18H,7,12H2,1-6H3. The minimum absolute atomic E-state index is 0.196. The quantitative estimate of drug-likeness (QED) is 0.833.